The first-order chi connectivity index (χ1) is 4.43. The Morgan fingerprint density at radius 2 is 1.56 bits per heavy atom. The number of rotatable bonds is 1. The van der Waals surface area contributed by atoms with E-state index in [9.17, 15) is 0 Å². The predicted octanol–water partition coefficient (Wildman–Crippen LogP) is 1.74. The van der Waals surface area contributed by atoms with E-state index in [2.05, 4.69) is 0 Å². The first-order valence-electron chi connectivity index (χ1n) is 4.43. The zero-order chi connectivity index (χ0) is 6.53. The van der Waals surface area contributed by atoms with Gasteiger partial charge in [0.05, 0.1) is 0 Å². The van der Waals surface area contributed by atoms with Gasteiger partial charge in [-0.1, -0.05) is 44.6 Å². The largest absolute Gasteiger partial charge is 0.0631 e. The molecule has 0 aromatic carbocycles. The zero-order valence-corrected chi connectivity index (χ0v) is 8.53. The normalized spacial score (nSPS) is 24.0. The minimum absolute atomic E-state index is 1.14. The van der Waals surface area contributed by atoms with E-state index in [-0.39, 0.29) is 0 Å². The van der Waals surface area contributed by atoms with Crippen LogP contribution >= 0.6 is 0 Å². The molecule has 0 saturated heterocycles. The molecule has 0 aliphatic heterocycles. The molecule has 9 heavy (non-hydrogen) atoms. The van der Waals surface area contributed by atoms with Crippen molar-refractivity contribution >= 4 is 10.2 Å². The molecule has 0 radical (unpaired) electrons. The van der Waals surface area contributed by atoms with E-state index in [0.29, 0.717) is 0 Å². The quantitative estimate of drug-likeness (QED) is 0.386. The predicted molar refractivity (Wildman–Crippen MR) is 45.9 cm³/mol. The maximum Gasteiger partial charge on any atom is 0.00314 e. The molecule has 1 fully saturated rings. The van der Waals surface area contributed by atoms with Gasteiger partial charge in [0.2, 0.25) is 0 Å². The van der Waals surface area contributed by atoms with Crippen LogP contribution < -0.4 is 0 Å². The van der Waals surface area contributed by atoms with Gasteiger partial charge in [0.25, 0.3) is 0 Å². The third-order valence-corrected chi connectivity index (χ3v) is 3.71. The molecule has 0 N–H and O–H groups in total. The second-order valence-corrected chi connectivity index (χ2v) is 4.08. The van der Waals surface area contributed by atoms with Gasteiger partial charge in [0, 0.05) is 10.2 Å². The second-order valence-electron chi connectivity index (χ2n) is 3.27. The van der Waals surface area contributed by atoms with Crippen LogP contribution in [0.15, 0.2) is 0 Å². The van der Waals surface area contributed by atoms with Crippen LogP contribution in [0.1, 0.15) is 38.5 Å². The van der Waals surface area contributed by atoms with E-state index in [1.54, 1.807) is 18.9 Å². The minimum atomic E-state index is 1.14. The lowest BCUT2D eigenvalue weighted by Gasteiger charge is -2.08. The molecule has 0 aromatic heterocycles. The SMILES string of the molecule is [SiH3]CC1CCCCCC1. The Morgan fingerprint density at radius 3 is 2.00 bits per heavy atom. The summed E-state index contributed by atoms with van der Waals surface area (Å²) in [5, 5.41) is 0. The van der Waals surface area contributed by atoms with E-state index < -0.39 is 0 Å². The molecule has 0 aromatic rings. The maximum atomic E-state index is 1.56. The van der Waals surface area contributed by atoms with Crippen LogP contribution in [-0.2, 0) is 0 Å². The first-order valence-corrected chi connectivity index (χ1v) is 5.85. The van der Waals surface area contributed by atoms with Crippen LogP contribution in [0.3, 0.4) is 0 Å². The Labute approximate surface area is 61.5 Å². The van der Waals surface area contributed by atoms with Gasteiger partial charge >= 0.3 is 0 Å². The van der Waals surface area contributed by atoms with E-state index in [0.717, 1.165) is 5.92 Å². The highest BCUT2D eigenvalue weighted by atomic mass is 28.1. The van der Waals surface area contributed by atoms with Crippen LogP contribution in [0.5, 0.6) is 0 Å². The molecular formula is C8H18Si. The molecule has 54 valence electrons. The summed E-state index contributed by atoms with van der Waals surface area (Å²) in [4.78, 5) is 0. The van der Waals surface area contributed by atoms with Gasteiger partial charge in [0.15, 0.2) is 0 Å². The molecule has 1 aliphatic carbocycles. The fourth-order valence-corrected chi connectivity index (χ4v) is 2.59. The third kappa shape index (κ3) is 2.52. The number of hydrogen-bond acceptors (Lipinski definition) is 0. The molecule has 0 amide bonds. The van der Waals surface area contributed by atoms with Crippen molar-refractivity contribution in [2.75, 3.05) is 0 Å². The Bertz CT molecular complexity index is 63.0. The van der Waals surface area contributed by atoms with Crippen molar-refractivity contribution in [2.45, 2.75) is 44.6 Å². The van der Waals surface area contributed by atoms with Crippen LogP contribution in [-0.4, -0.2) is 10.2 Å². The van der Waals surface area contributed by atoms with Crippen LogP contribution in [0.2, 0.25) is 6.04 Å². The smallest absolute Gasteiger partial charge is 0.00314 e. The summed E-state index contributed by atoms with van der Waals surface area (Å²) in [6.07, 6.45) is 9.16. The second kappa shape index (κ2) is 4.10. The summed E-state index contributed by atoms with van der Waals surface area (Å²) < 4.78 is 0. The van der Waals surface area contributed by atoms with Crippen molar-refractivity contribution in [2.24, 2.45) is 5.92 Å². The fourth-order valence-electron chi connectivity index (χ4n) is 1.77. The summed E-state index contributed by atoms with van der Waals surface area (Å²) in [6, 6.07) is 1.56. The summed E-state index contributed by atoms with van der Waals surface area (Å²) in [7, 11) is 1.43. The monoisotopic (exact) mass is 142 g/mol. The Hall–Kier alpha value is 0.217. The molecular weight excluding hydrogens is 124 g/mol. The van der Waals surface area contributed by atoms with Crippen molar-refractivity contribution in [3.63, 3.8) is 0 Å². The van der Waals surface area contributed by atoms with Gasteiger partial charge in [0.1, 0.15) is 0 Å². The fraction of sp³-hybridized carbons (Fsp3) is 1.00. The standard InChI is InChI=1S/C8H18Si/c9-7-8-5-3-1-2-4-6-8/h8H,1-7H2,9H3. The summed E-state index contributed by atoms with van der Waals surface area (Å²) in [6.45, 7) is 0. The zero-order valence-electron chi connectivity index (χ0n) is 6.53. The summed E-state index contributed by atoms with van der Waals surface area (Å²) >= 11 is 0. The first kappa shape index (κ1) is 7.33. The molecule has 1 heteroatoms. The van der Waals surface area contributed by atoms with Crippen molar-refractivity contribution in [3.05, 3.63) is 0 Å². The molecule has 0 heterocycles. The highest BCUT2D eigenvalue weighted by molar-refractivity contribution is 6.08. The Kier molecular flexibility index (Phi) is 3.34. The lowest BCUT2D eigenvalue weighted by atomic mass is 10.0. The average Bonchev–Trinajstić information content (AvgIpc) is 2.13. The minimum Gasteiger partial charge on any atom is -0.0631 e. The van der Waals surface area contributed by atoms with Crippen molar-refractivity contribution in [1.29, 1.82) is 0 Å². The topological polar surface area (TPSA) is 0 Å². The van der Waals surface area contributed by atoms with Gasteiger partial charge in [-0.3, -0.25) is 0 Å². The lowest BCUT2D eigenvalue weighted by Crippen LogP contribution is -1.95. The van der Waals surface area contributed by atoms with E-state index in [1.807, 2.05) is 0 Å². The molecule has 0 nitrogen and oxygen atoms in total. The average molecular weight is 142 g/mol. The van der Waals surface area contributed by atoms with Crippen molar-refractivity contribution < 1.29 is 0 Å². The van der Waals surface area contributed by atoms with Crippen molar-refractivity contribution in [1.82, 2.24) is 0 Å². The molecule has 1 rings (SSSR count). The van der Waals surface area contributed by atoms with E-state index >= 15 is 0 Å². The molecule has 0 bridgehead atoms. The van der Waals surface area contributed by atoms with Crippen molar-refractivity contribution in [3.8, 4) is 0 Å². The van der Waals surface area contributed by atoms with Gasteiger partial charge < -0.3 is 0 Å². The van der Waals surface area contributed by atoms with Gasteiger partial charge in [-0.15, -0.1) is 0 Å². The lowest BCUT2D eigenvalue weighted by molar-refractivity contribution is 0.505. The molecule has 0 unspecified atom stereocenters. The molecule has 1 aliphatic rings. The van der Waals surface area contributed by atoms with E-state index in [4.69, 9.17) is 0 Å². The van der Waals surface area contributed by atoms with Gasteiger partial charge in [-0.05, 0) is 5.92 Å². The molecule has 0 atom stereocenters. The van der Waals surface area contributed by atoms with Gasteiger partial charge in [-0.25, -0.2) is 0 Å². The summed E-state index contributed by atoms with van der Waals surface area (Å²) in [5.41, 5.74) is 0. The summed E-state index contributed by atoms with van der Waals surface area (Å²) in [5.74, 6) is 1.14. The molecule has 0 spiro atoms. The van der Waals surface area contributed by atoms with Crippen LogP contribution in [0.25, 0.3) is 0 Å². The third-order valence-electron chi connectivity index (χ3n) is 2.55. The highest BCUT2D eigenvalue weighted by Gasteiger charge is 2.08. The molecule has 1 saturated carbocycles. The highest BCUT2D eigenvalue weighted by Crippen LogP contribution is 2.24. The Balaban J connectivity index is 2.18. The van der Waals surface area contributed by atoms with Gasteiger partial charge in [-0.2, -0.15) is 0 Å². The number of hydrogen-bond donors (Lipinski definition) is 0. The van der Waals surface area contributed by atoms with Crippen LogP contribution in [0, 0.1) is 5.92 Å². The van der Waals surface area contributed by atoms with E-state index in [1.165, 1.54) is 35.9 Å². The Morgan fingerprint density at radius 1 is 1.00 bits per heavy atom. The maximum absolute atomic E-state index is 1.56. The van der Waals surface area contributed by atoms with Crippen LogP contribution in [0.4, 0.5) is 0 Å².